The molecule has 28 heavy (non-hydrogen) atoms. The fourth-order valence-electron chi connectivity index (χ4n) is 0.752. The normalized spacial score (nSPS) is 54.3. The van der Waals surface area contributed by atoms with Crippen LogP contribution in [-0.4, -0.2) is 31.4 Å². The Morgan fingerprint density at radius 3 is 1.04 bits per heavy atom. The van der Waals surface area contributed by atoms with Crippen LogP contribution >= 0.6 is 0 Å². The third-order valence-electron chi connectivity index (χ3n) is 1.57. The van der Waals surface area contributed by atoms with Crippen LogP contribution in [0, 0.1) is 0 Å². The number of rotatable bonds is 22. The summed E-state index contributed by atoms with van der Waals surface area (Å²) in [5.74, 6) is 0. The predicted octanol–water partition coefficient (Wildman–Crippen LogP) is 5.91. The number of halogens is 1. The average molecular weight is 519 g/mol. The van der Waals surface area contributed by atoms with E-state index in [2.05, 4.69) is 0 Å². The van der Waals surface area contributed by atoms with Gasteiger partial charge in [0.1, 0.15) is 0 Å². The Morgan fingerprint density at radius 1 is 0.464 bits per heavy atom. The van der Waals surface area contributed by atoms with E-state index in [1.54, 1.807) is 0 Å². The summed E-state index contributed by atoms with van der Waals surface area (Å²) in [6, 6.07) is 0. The summed E-state index contributed by atoms with van der Waals surface area (Å²) in [7, 11) is 0. The SMILES string of the molecule is [2H]C([2H])([2H])C([2H])([2H])C([2H])([2H])C([2H])([2H])C([2H])([2H])C([2H])([2H])C([2H])([2H])C([2H])([2H])C([2H])([2H])C([2H])([2H])C([2H])([2H])C([2H])([2H])[N+](C([2H])([2H])[2H])(C([2H])([2H])[2H])C([2H])([2H])C([2H])([2H])C([2H])([2H])C([2H])([2H])C([2H])([2H])C([2H])([2H])C([2H])([2H])C([2H])([2H])C([2H])([2H])C([2H])([2H])C([2H])([2H])C([2H])([2H])[2H].[Br-]. The van der Waals surface area contributed by atoms with Crippen molar-refractivity contribution in [1.29, 1.82) is 0 Å². The highest BCUT2D eigenvalue weighted by Crippen LogP contribution is 2.14. The zero-order valence-corrected chi connectivity index (χ0v) is 15.4. The maximum atomic E-state index is 8.82. The monoisotopic (exact) mass is 518 g/mol. The van der Waals surface area contributed by atoms with Crippen LogP contribution in [0.3, 0.4) is 0 Å². The van der Waals surface area contributed by atoms with E-state index in [-0.39, 0.29) is 17.0 Å². The smallest absolute Gasteiger partial charge is 0.0924 e. The number of nitrogens with zero attached hydrogens (tertiary/aromatic N) is 1. The molecule has 0 saturated heterocycles. The van der Waals surface area contributed by atoms with Crippen LogP contribution in [0.2, 0.25) is 0 Å². The van der Waals surface area contributed by atoms with Crippen LogP contribution in [0.1, 0.15) is 218 Å². The molecule has 2 heteroatoms. The van der Waals surface area contributed by atoms with Crippen LogP contribution in [0.15, 0.2) is 0 Å². The lowest BCUT2D eigenvalue weighted by molar-refractivity contribution is -0.890. The highest BCUT2D eigenvalue weighted by atomic mass is 79.9. The fourth-order valence-corrected chi connectivity index (χ4v) is 0.752. The topological polar surface area (TPSA) is 0 Å². The van der Waals surface area contributed by atoms with Gasteiger partial charge in [0.2, 0.25) is 0 Å². The minimum absolute atomic E-state index is 0. The second-order valence-electron chi connectivity index (χ2n) is 3.39. The zero-order valence-electron chi connectivity index (χ0n) is 69.8. The molecule has 0 amide bonds. The molecule has 0 aromatic carbocycles. The molecule has 0 rings (SSSR count). The zero-order chi connectivity index (χ0) is 69.5. The number of hydrogen-bond donors (Lipinski definition) is 0. The minimum Gasteiger partial charge on any atom is -1.00 e. The molecular formula is C26H56BrN. The summed E-state index contributed by atoms with van der Waals surface area (Å²) in [5, 5.41) is 0. The van der Waals surface area contributed by atoms with Crippen molar-refractivity contribution in [2.45, 2.75) is 141 Å². The molecule has 0 heterocycles. The Kier molecular flexibility index (Phi) is 2.67. The largest absolute Gasteiger partial charge is 1.00 e. The van der Waals surface area contributed by atoms with Gasteiger partial charge in [0.15, 0.2) is 0 Å². The van der Waals surface area contributed by atoms with Gasteiger partial charge in [0.25, 0.3) is 0 Å². The van der Waals surface area contributed by atoms with Gasteiger partial charge < -0.3 is 21.5 Å². The first kappa shape index (κ1) is 3.15. The third kappa shape index (κ3) is 24.5. The Labute approximate surface area is 269 Å². The average Bonchev–Trinajstić information content (AvgIpc) is 3.19. The van der Waals surface area contributed by atoms with Crippen LogP contribution in [0.4, 0.5) is 0 Å². The van der Waals surface area contributed by atoms with E-state index in [9.17, 15) is 0 Å². The molecule has 0 spiro atoms. The summed E-state index contributed by atoms with van der Waals surface area (Å²) in [6.45, 7) is -32.3. The van der Waals surface area contributed by atoms with Gasteiger partial charge in [0.05, 0.1) is 40.7 Å². The maximum absolute atomic E-state index is 8.82. The first-order chi connectivity index (χ1) is 34.5. The van der Waals surface area contributed by atoms with Crippen molar-refractivity contribution < 1.29 is 98.2 Å². The molecule has 0 unspecified atom stereocenters. The summed E-state index contributed by atoms with van der Waals surface area (Å²) in [4.78, 5) is 0. The first-order valence-electron chi connectivity index (χ1n) is 34.4. The van der Waals surface area contributed by atoms with Crippen LogP contribution in [-0.2, 0) is 0 Å². The molecule has 0 aliphatic heterocycles. The summed E-state index contributed by atoms with van der Waals surface area (Å²) in [6.07, 6.45) is -108. The van der Waals surface area contributed by atoms with Crippen LogP contribution in [0.5, 0.6) is 0 Å². The van der Waals surface area contributed by atoms with E-state index in [4.69, 9.17) is 76.8 Å². The third-order valence-corrected chi connectivity index (χ3v) is 1.57. The lowest BCUT2D eigenvalue weighted by Gasteiger charge is -2.30. The second-order valence-corrected chi connectivity index (χ2v) is 3.39. The van der Waals surface area contributed by atoms with Gasteiger partial charge in [-0.15, -0.1) is 0 Å². The second kappa shape index (κ2) is 23.7. The standard InChI is InChI=1S/C26H56N.BrH/c1-5-7-9-11-13-15-17-19-21-23-25-27(3,4)26-24-22-20-18-16-14-12-10-8-6-2;/h5-26H2,1-4H3;1H/q+1;/p-1/i1D3,2D3,3D3,4D3,5D2,6D2,7D2,8D2,9D2,10D2,11D2,12D2,13D2,14D2,15D2,16D2,17D2,18D2,19D2,20D2,21D2,22D2,23D2,24D2,25D2,26D2;. The van der Waals surface area contributed by atoms with Gasteiger partial charge in [-0.3, -0.25) is 0 Å². The maximum Gasteiger partial charge on any atom is 0.0924 e. The first-order valence-corrected chi connectivity index (χ1v) is 6.39. The van der Waals surface area contributed by atoms with Gasteiger partial charge in [-0.2, -0.15) is 0 Å². The van der Waals surface area contributed by atoms with Crippen LogP contribution < -0.4 is 17.0 Å². The molecule has 0 aliphatic carbocycles. The lowest BCUT2D eigenvalue weighted by Crippen LogP contribution is -3.00. The highest BCUT2D eigenvalue weighted by Gasteiger charge is 2.13. The molecule has 0 N–H and O–H groups in total. The predicted molar refractivity (Wildman–Crippen MR) is 126 cm³/mol. The summed E-state index contributed by atoms with van der Waals surface area (Å²) < 4.78 is 455. The van der Waals surface area contributed by atoms with Gasteiger partial charge in [-0.1, -0.05) is 116 Å². The Bertz CT molecular complexity index is 2180. The van der Waals surface area contributed by atoms with Gasteiger partial charge in [-0.05, 0) is 25.5 Å². The van der Waals surface area contributed by atoms with E-state index < -0.39 is 173 Å². The van der Waals surface area contributed by atoms with Crippen LogP contribution in [0.25, 0.3) is 0 Å². The minimum atomic E-state index is -6.18. The molecule has 0 aromatic heterocycles. The fraction of sp³-hybridized carbons (Fsp3) is 1.00. The number of quaternary nitrogens is 1. The molecule has 0 radical (unpaired) electrons. The van der Waals surface area contributed by atoms with E-state index in [1.807, 2.05) is 0 Å². The molecule has 0 atom stereocenters. The van der Waals surface area contributed by atoms with Crippen molar-refractivity contribution in [1.82, 2.24) is 0 Å². The summed E-state index contributed by atoms with van der Waals surface area (Å²) in [5.41, 5.74) is 0. The van der Waals surface area contributed by atoms with Crippen molar-refractivity contribution in [2.24, 2.45) is 0 Å². The molecule has 0 aliphatic rings. The molecule has 0 aromatic rings. The number of hydrogen-bond acceptors (Lipinski definition) is 0. The Balaban J connectivity index is 0. The molecule has 172 valence electrons. The van der Waals surface area contributed by atoms with Crippen molar-refractivity contribution in [2.75, 3.05) is 26.9 Å². The van der Waals surface area contributed by atoms with Gasteiger partial charge >= 0.3 is 0 Å². The Morgan fingerprint density at radius 2 is 0.750 bits per heavy atom. The van der Waals surface area contributed by atoms with Crippen molar-refractivity contribution in [3.63, 3.8) is 0 Å². The van der Waals surface area contributed by atoms with Crippen molar-refractivity contribution in [3.8, 4) is 0 Å². The molecule has 0 bridgehead atoms. The van der Waals surface area contributed by atoms with Crippen molar-refractivity contribution in [3.05, 3.63) is 0 Å². The summed E-state index contributed by atoms with van der Waals surface area (Å²) >= 11 is 0. The van der Waals surface area contributed by atoms with Crippen molar-refractivity contribution >= 4 is 0 Å². The highest BCUT2D eigenvalue weighted by molar-refractivity contribution is 4.50. The van der Waals surface area contributed by atoms with Gasteiger partial charge in [0, 0.05) is 63.1 Å². The van der Waals surface area contributed by atoms with Gasteiger partial charge in [-0.25, -0.2) is 0 Å². The molecular weight excluding hydrogens is 406 g/mol. The molecule has 0 saturated carbocycles. The van der Waals surface area contributed by atoms with E-state index in [1.165, 1.54) is 0 Å². The lowest BCUT2D eigenvalue weighted by atomic mass is 10.1. The quantitative estimate of drug-likeness (QED) is 0.156. The molecule has 1 nitrogen and oxygen atoms in total. The Hall–Kier alpha value is 0.440. The van der Waals surface area contributed by atoms with E-state index in [0.717, 1.165) is 0 Å². The van der Waals surface area contributed by atoms with E-state index >= 15 is 0 Å². The van der Waals surface area contributed by atoms with E-state index in [0.29, 0.717) is 0 Å². The molecule has 0 fully saturated rings.